The van der Waals surface area contributed by atoms with Crippen molar-refractivity contribution in [1.82, 2.24) is 10.2 Å². The molecule has 32 heavy (non-hydrogen) atoms. The highest BCUT2D eigenvalue weighted by molar-refractivity contribution is 6.42. The Morgan fingerprint density at radius 3 is 2.09 bits per heavy atom. The molecule has 3 rings (SSSR count). The number of halogens is 4. The van der Waals surface area contributed by atoms with Crippen molar-refractivity contribution in [2.24, 2.45) is 0 Å². The maximum atomic E-state index is 10.2. The summed E-state index contributed by atoms with van der Waals surface area (Å²) in [5.41, 5.74) is 0. The number of aliphatic hydroxyl groups is 1. The van der Waals surface area contributed by atoms with E-state index >= 15 is 0 Å². The Hall–Kier alpha value is -0.920. The van der Waals surface area contributed by atoms with E-state index in [1.807, 2.05) is 6.07 Å². The van der Waals surface area contributed by atoms with Gasteiger partial charge >= 0.3 is 0 Å². The van der Waals surface area contributed by atoms with Crippen LogP contribution in [0.1, 0.15) is 19.3 Å². The number of hydrogen-bond donors (Lipinski definition) is 2. The second-order valence-corrected chi connectivity index (χ2v) is 9.47. The first kappa shape index (κ1) is 25.7. The summed E-state index contributed by atoms with van der Waals surface area (Å²) in [6.07, 6.45) is 2.45. The van der Waals surface area contributed by atoms with Crippen LogP contribution in [-0.4, -0.2) is 61.5 Å². The predicted octanol–water partition coefficient (Wildman–Crippen LogP) is 5.56. The van der Waals surface area contributed by atoms with Gasteiger partial charge < -0.3 is 24.8 Å². The van der Waals surface area contributed by atoms with E-state index in [0.29, 0.717) is 45.0 Å². The van der Waals surface area contributed by atoms with Crippen LogP contribution in [0, 0.1) is 0 Å². The zero-order valence-corrected chi connectivity index (χ0v) is 20.7. The average molecular weight is 522 g/mol. The molecule has 5 nitrogen and oxygen atoms in total. The van der Waals surface area contributed by atoms with E-state index < -0.39 is 6.10 Å². The molecule has 1 fully saturated rings. The van der Waals surface area contributed by atoms with E-state index in [1.54, 1.807) is 30.3 Å². The SMILES string of the molecule is O[C@H](CNC1CCN(CCCOc2ccc(Cl)c(Cl)c2)CC1)COc1ccc(Cl)c(Cl)c1. The van der Waals surface area contributed by atoms with Crippen LogP contribution in [0.3, 0.4) is 0 Å². The van der Waals surface area contributed by atoms with Crippen molar-refractivity contribution in [2.75, 3.05) is 39.4 Å². The monoisotopic (exact) mass is 520 g/mol. The second-order valence-electron chi connectivity index (χ2n) is 7.84. The molecule has 0 saturated carbocycles. The number of rotatable bonds is 11. The number of benzene rings is 2. The van der Waals surface area contributed by atoms with Gasteiger partial charge in [0, 0.05) is 31.3 Å². The minimum absolute atomic E-state index is 0.197. The lowest BCUT2D eigenvalue weighted by atomic mass is 10.0. The van der Waals surface area contributed by atoms with Gasteiger partial charge in [-0.3, -0.25) is 0 Å². The summed E-state index contributed by atoms with van der Waals surface area (Å²) in [5.74, 6) is 1.33. The Kier molecular flexibility index (Phi) is 10.5. The molecule has 2 N–H and O–H groups in total. The zero-order valence-electron chi connectivity index (χ0n) is 17.7. The van der Waals surface area contributed by atoms with Gasteiger partial charge in [-0.1, -0.05) is 46.4 Å². The summed E-state index contributed by atoms with van der Waals surface area (Å²) in [7, 11) is 0. The molecular formula is C23H28Cl4N2O3. The summed E-state index contributed by atoms with van der Waals surface area (Å²) in [5, 5.41) is 15.6. The summed E-state index contributed by atoms with van der Waals surface area (Å²) in [4.78, 5) is 2.44. The van der Waals surface area contributed by atoms with Crippen LogP contribution in [0.15, 0.2) is 36.4 Å². The maximum absolute atomic E-state index is 10.2. The van der Waals surface area contributed by atoms with E-state index in [4.69, 9.17) is 55.9 Å². The maximum Gasteiger partial charge on any atom is 0.121 e. The summed E-state index contributed by atoms with van der Waals surface area (Å²) >= 11 is 23.8. The smallest absolute Gasteiger partial charge is 0.121 e. The summed E-state index contributed by atoms with van der Waals surface area (Å²) in [6.45, 7) is 4.38. The summed E-state index contributed by atoms with van der Waals surface area (Å²) < 4.78 is 11.3. The Bertz CT molecular complexity index is 863. The molecule has 9 heteroatoms. The highest BCUT2D eigenvalue weighted by Crippen LogP contribution is 2.27. The highest BCUT2D eigenvalue weighted by Gasteiger charge is 2.19. The number of nitrogens with one attached hydrogen (secondary N) is 1. The fraction of sp³-hybridized carbons (Fsp3) is 0.478. The topological polar surface area (TPSA) is 54.0 Å². The zero-order chi connectivity index (χ0) is 22.9. The lowest BCUT2D eigenvalue weighted by molar-refractivity contribution is 0.0980. The van der Waals surface area contributed by atoms with Crippen LogP contribution < -0.4 is 14.8 Å². The first-order valence-corrected chi connectivity index (χ1v) is 12.2. The molecule has 1 heterocycles. The molecule has 176 valence electrons. The third-order valence-corrected chi connectivity index (χ3v) is 6.82. The van der Waals surface area contributed by atoms with Crippen LogP contribution >= 0.6 is 46.4 Å². The molecule has 1 atom stereocenters. The van der Waals surface area contributed by atoms with Crippen molar-refractivity contribution in [3.8, 4) is 11.5 Å². The lowest BCUT2D eigenvalue weighted by Crippen LogP contribution is -2.45. The number of ether oxygens (including phenoxy) is 2. The van der Waals surface area contributed by atoms with Crippen LogP contribution in [-0.2, 0) is 0 Å². The van der Waals surface area contributed by atoms with Gasteiger partial charge in [-0.15, -0.1) is 0 Å². The Morgan fingerprint density at radius 2 is 1.50 bits per heavy atom. The number of likely N-dealkylation sites (tertiary alicyclic amines) is 1. The van der Waals surface area contributed by atoms with E-state index in [9.17, 15) is 5.11 Å². The minimum Gasteiger partial charge on any atom is -0.493 e. The normalized spacial score (nSPS) is 16.2. The molecule has 2 aromatic carbocycles. The van der Waals surface area contributed by atoms with Gasteiger partial charge in [-0.25, -0.2) is 0 Å². The number of aliphatic hydroxyl groups excluding tert-OH is 1. The molecule has 0 spiro atoms. The highest BCUT2D eigenvalue weighted by atomic mass is 35.5. The number of piperidine rings is 1. The molecule has 1 aliphatic heterocycles. The van der Waals surface area contributed by atoms with Gasteiger partial charge in [0.15, 0.2) is 0 Å². The molecule has 0 amide bonds. The van der Waals surface area contributed by atoms with Crippen LogP contribution in [0.2, 0.25) is 20.1 Å². The first-order valence-electron chi connectivity index (χ1n) is 10.7. The van der Waals surface area contributed by atoms with Gasteiger partial charge in [0.05, 0.1) is 26.7 Å². The number of hydrogen-bond acceptors (Lipinski definition) is 5. The van der Waals surface area contributed by atoms with Crippen molar-refractivity contribution < 1.29 is 14.6 Å². The van der Waals surface area contributed by atoms with Gasteiger partial charge in [0.2, 0.25) is 0 Å². The first-order chi connectivity index (χ1) is 15.4. The molecule has 1 saturated heterocycles. The van der Waals surface area contributed by atoms with Gasteiger partial charge in [0.25, 0.3) is 0 Å². The molecule has 0 radical (unpaired) electrons. The molecule has 0 bridgehead atoms. The van der Waals surface area contributed by atoms with Gasteiger partial charge in [0.1, 0.15) is 24.2 Å². The molecule has 0 aromatic heterocycles. The predicted molar refractivity (Wildman–Crippen MR) is 132 cm³/mol. The standard InChI is InChI=1S/C23H28Cl4N2O3/c24-20-4-2-18(12-22(20)26)31-11-1-8-29-9-6-16(7-10-29)28-14-17(30)15-32-19-3-5-21(25)23(27)13-19/h2-5,12-13,16-17,28,30H,1,6-11,14-15H2/t17-/m1/s1. The molecule has 1 aliphatic rings. The van der Waals surface area contributed by atoms with Crippen LogP contribution in [0.4, 0.5) is 0 Å². The average Bonchev–Trinajstić information content (AvgIpc) is 2.79. The minimum atomic E-state index is -0.596. The Balaban J connectivity index is 1.25. The quantitative estimate of drug-likeness (QED) is 0.379. The lowest BCUT2D eigenvalue weighted by Gasteiger charge is -2.32. The largest absolute Gasteiger partial charge is 0.493 e. The van der Waals surface area contributed by atoms with Crippen molar-refractivity contribution in [2.45, 2.75) is 31.4 Å². The van der Waals surface area contributed by atoms with E-state index in [0.717, 1.165) is 44.6 Å². The molecule has 2 aromatic rings. The fourth-order valence-electron chi connectivity index (χ4n) is 3.53. The Morgan fingerprint density at radius 1 is 0.906 bits per heavy atom. The third-order valence-electron chi connectivity index (χ3n) is 5.34. The van der Waals surface area contributed by atoms with Gasteiger partial charge in [-0.05, 0) is 56.6 Å². The van der Waals surface area contributed by atoms with Crippen LogP contribution in [0.25, 0.3) is 0 Å². The third kappa shape index (κ3) is 8.45. The van der Waals surface area contributed by atoms with Crippen molar-refractivity contribution in [3.05, 3.63) is 56.5 Å². The van der Waals surface area contributed by atoms with Crippen LogP contribution in [0.5, 0.6) is 11.5 Å². The number of nitrogens with zero attached hydrogens (tertiary/aromatic N) is 1. The van der Waals surface area contributed by atoms with E-state index in [-0.39, 0.29) is 6.61 Å². The molecular weight excluding hydrogens is 494 g/mol. The summed E-state index contributed by atoms with van der Waals surface area (Å²) in [6, 6.07) is 10.8. The van der Waals surface area contributed by atoms with E-state index in [1.165, 1.54) is 0 Å². The fourth-order valence-corrected chi connectivity index (χ4v) is 4.10. The van der Waals surface area contributed by atoms with Crippen molar-refractivity contribution >= 4 is 46.4 Å². The molecule has 0 aliphatic carbocycles. The molecule has 0 unspecified atom stereocenters. The van der Waals surface area contributed by atoms with Crippen molar-refractivity contribution in [3.63, 3.8) is 0 Å². The second kappa shape index (κ2) is 13.1. The van der Waals surface area contributed by atoms with Gasteiger partial charge in [-0.2, -0.15) is 0 Å². The Labute approximate surface area is 209 Å². The van der Waals surface area contributed by atoms with E-state index in [2.05, 4.69) is 10.2 Å². The van der Waals surface area contributed by atoms with Crippen molar-refractivity contribution in [1.29, 1.82) is 0 Å².